The topological polar surface area (TPSA) is 27.1 Å². The summed E-state index contributed by atoms with van der Waals surface area (Å²) in [6, 6.07) is 4.10. The number of benzene rings is 1. The Morgan fingerprint density at radius 3 is 2.50 bits per heavy atom. The van der Waals surface area contributed by atoms with E-state index in [1.54, 1.807) is 6.07 Å². The number of aryl methyl sites for hydroxylation is 1. The van der Waals surface area contributed by atoms with Gasteiger partial charge in [-0.25, -0.2) is 9.07 Å². The summed E-state index contributed by atoms with van der Waals surface area (Å²) in [5.74, 6) is -1.11. The van der Waals surface area contributed by atoms with Gasteiger partial charge in [-0.3, -0.25) is 0 Å². The van der Waals surface area contributed by atoms with Gasteiger partial charge in [-0.1, -0.05) is 30.1 Å². The van der Waals surface area contributed by atoms with Crippen molar-refractivity contribution in [2.75, 3.05) is 0 Å². The zero-order valence-corrected chi connectivity index (χ0v) is 13.3. The molecule has 0 N–H and O–H groups in total. The van der Waals surface area contributed by atoms with Gasteiger partial charge in [-0.2, -0.15) is 13.9 Å². The first kappa shape index (κ1) is 17.0. The Bertz CT molecular complexity index is 656. The Morgan fingerprint density at radius 2 is 1.95 bits per heavy atom. The number of rotatable bonds is 5. The van der Waals surface area contributed by atoms with Gasteiger partial charge < -0.3 is 4.74 Å². The number of ether oxygens (including phenoxy) is 1. The summed E-state index contributed by atoms with van der Waals surface area (Å²) >= 11 is 12.0. The maximum atomic E-state index is 13.5. The highest BCUT2D eigenvalue weighted by molar-refractivity contribution is 6.32. The molecule has 0 saturated carbocycles. The van der Waals surface area contributed by atoms with Crippen LogP contribution in [-0.4, -0.2) is 16.4 Å². The van der Waals surface area contributed by atoms with Crippen LogP contribution in [0.1, 0.15) is 30.5 Å². The molecule has 0 bridgehead atoms. The molecule has 0 aliphatic heterocycles. The lowest BCUT2D eigenvalue weighted by atomic mass is 9.93. The minimum atomic E-state index is -3.01. The van der Waals surface area contributed by atoms with E-state index in [0.29, 0.717) is 17.7 Å². The molecule has 0 aliphatic rings. The number of halogens is 5. The van der Waals surface area contributed by atoms with E-state index in [4.69, 9.17) is 23.2 Å². The molecule has 2 rings (SSSR count). The zero-order chi connectivity index (χ0) is 16.4. The van der Waals surface area contributed by atoms with Crippen LogP contribution in [0.3, 0.4) is 0 Å². The van der Waals surface area contributed by atoms with Crippen molar-refractivity contribution in [1.29, 1.82) is 0 Å². The van der Waals surface area contributed by atoms with E-state index >= 15 is 0 Å². The van der Waals surface area contributed by atoms with E-state index in [1.165, 1.54) is 19.2 Å². The molecule has 1 aromatic carbocycles. The second kappa shape index (κ2) is 6.79. The third kappa shape index (κ3) is 3.50. The Hall–Kier alpha value is -1.40. The van der Waals surface area contributed by atoms with Crippen molar-refractivity contribution in [3.8, 4) is 5.88 Å². The number of nitrogens with zero attached hydrogens (tertiary/aromatic N) is 2. The molecule has 1 unspecified atom stereocenters. The van der Waals surface area contributed by atoms with Crippen molar-refractivity contribution < 1.29 is 17.9 Å². The monoisotopic (exact) mass is 352 g/mol. The Balaban J connectivity index is 2.48. The van der Waals surface area contributed by atoms with Crippen LogP contribution in [0, 0.1) is 5.82 Å². The minimum absolute atomic E-state index is 0.0185. The van der Waals surface area contributed by atoms with Crippen LogP contribution >= 0.6 is 23.2 Å². The Labute approximate surface area is 135 Å². The average molecular weight is 353 g/mol. The van der Waals surface area contributed by atoms with Crippen LogP contribution in [0.15, 0.2) is 18.2 Å². The fraction of sp³-hybridized carbons (Fsp3) is 0.357. The first-order valence-corrected chi connectivity index (χ1v) is 7.22. The standard InChI is InChI=1S/C14H13Cl2F3N2O/c1-3-10(7-4-8(15)6-9(17)5-7)12-11(16)13(21(2)20-12)22-14(18)19/h4-6,10,14H,3H2,1-2H3. The van der Waals surface area contributed by atoms with Gasteiger partial charge in [0.15, 0.2) is 0 Å². The van der Waals surface area contributed by atoms with E-state index in [-0.39, 0.29) is 21.8 Å². The average Bonchev–Trinajstić information content (AvgIpc) is 2.66. The van der Waals surface area contributed by atoms with E-state index in [0.717, 1.165) is 4.68 Å². The fourth-order valence-electron chi connectivity index (χ4n) is 2.30. The molecule has 0 fully saturated rings. The molecule has 1 aromatic heterocycles. The van der Waals surface area contributed by atoms with Gasteiger partial charge >= 0.3 is 6.61 Å². The van der Waals surface area contributed by atoms with Gasteiger partial charge in [0.2, 0.25) is 5.88 Å². The molecule has 0 saturated heterocycles. The van der Waals surface area contributed by atoms with E-state index in [9.17, 15) is 13.2 Å². The molecule has 0 radical (unpaired) electrons. The van der Waals surface area contributed by atoms with Crippen LogP contribution in [0.2, 0.25) is 10.0 Å². The molecule has 0 aliphatic carbocycles. The molecule has 2 aromatic rings. The smallest absolute Gasteiger partial charge is 0.388 e. The molecule has 0 amide bonds. The number of hydrogen-bond donors (Lipinski definition) is 0. The number of alkyl halides is 2. The minimum Gasteiger partial charge on any atom is -0.416 e. The van der Waals surface area contributed by atoms with Gasteiger partial charge in [-0.05, 0) is 30.2 Å². The van der Waals surface area contributed by atoms with Crippen molar-refractivity contribution >= 4 is 23.2 Å². The van der Waals surface area contributed by atoms with Crippen molar-refractivity contribution in [2.45, 2.75) is 25.9 Å². The second-order valence-corrected chi connectivity index (χ2v) is 5.48. The van der Waals surface area contributed by atoms with E-state index < -0.39 is 12.4 Å². The molecule has 22 heavy (non-hydrogen) atoms. The SMILES string of the molecule is CCC(c1cc(F)cc(Cl)c1)c1nn(C)c(OC(F)F)c1Cl. The first-order valence-electron chi connectivity index (χ1n) is 6.46. The molecule has 120 valence electrons. The third-order valence-electron chi connectivity index (χ3n) is 3.19. The van der Waals surface area contributed by atoms with Gasteiger partial charge in [0.25, 0.3) is 0 Å². The molecule has 0 spiro atoms. The van der Waals surface area contributed by atoms with Crippen LogP contribution in [-0.2, 0) is 7.05 Å². The lowest BCUT2D eigenvalue weighted by Gasteiger charge is -2.14. The van der Waals surface area contributed by atoms with Crippen LogP contribution in [0.25, 0.3) is 0 Å². The summed E-state index contributed by atoms with van der Waals surface area (Å²) in [4.78, 5) is 0. The lowest BCUT2D eigenvalue weighted by molar-refractivity contribution is -0.0552. The summed E-state index contributed by atoms with van der Waals surface area (Å²) in [5.41, 5.74) is 0.903. The van der Waals surface area contributed by atoms with Crippen LogP contribution in [0.5, 0.6) is 5.88 Å². The quantitative estimate of drug-likeness (QED) is 0.756. The molecular formula is C14H13Cl2F3N2O. The van der Waals surface area contributed by atoms with Crippen molar-refractivity contribution in [3.63, 3.8) is 0 Å². The van der Waals surface area contributed by atoms with Gasteiger partial charge in [0, 0.05) is 18.0 Å². The zero-order valence-electron chi connectivity index (χ0n) is 11.8. The van der Waals surface area contributed by atoms with E-state index in [2.05, 4.69) is 9.84 Å². The van der Waals surface area contributed by atoms with Crippen molar-refractivity contribution in [3.05, 3.63) is 45.3 Å². The lowest BCUT2D eigenvalue weighted by Crippen LogP contribution is -2.06. The second-order valence-electron chi connectivity index (χ2n) is 4.67. The normalized spacial score (nSPS) is 12.7. The summed E-state index contributed by atoms with van der Waals surface area (Å²) in [6.45, 7) is -1.16. The number of hydrogen-bond acceptors (Lipinski definition) is 2. The fourth-order valence-corrected chi connectivity index (χ4v) is 2.87. The Morgan fingerprint density at radius 1 is 1.27 bits per heavy atom. The summed E-state index contributed by atoms with van der Waals surface area (Å²) < 4.78 is 43.9. The molecule has 3 nitrogen and oxygen atoms in total. The maximum absolute atomic E-state index is 13.5. The van der Waals surface area contributed by atoms with Crippen molar-refractivity contribution in [2.24, 2.45) is 7.05 Å². The largest absolute Gasteiger partial charge is 0.416 e. The van der Waals surface area contributed by atoms with E-state index in [1.807, 2.05) is 6.92 Å². The molecule has 1 atom stereocenters. The van der Waals surface area contributed by atoms with Gasteiger partial charge in [-0.15, -0.1) is 0 Å². The highest BCUT2D eigenvalue weighted by atomic mass is 35.5. The summed E-state index contributed by atoms with van der Waals surface area (Å²) in [7, 11) is 1.44. The first-order chi connectivity index (χ1) is 10.3. The molecule has 8 heteroatoms. The molecule has 1 heterocycles. The number of aromatic nitrogens is 2. The van der Waals surface area contributed by atoms with Crippen molar-refractivity contribution in [1.82, 2.24) is 9.78 Å². The predicted molar refractivity (Wildman–Crippen MR) is 78.4 cm³/mol. The van der Waals surface area contributed by atoms with Crippen LogP contribution in [0.4, 0.5) is 13.2 Å². The summed E-state index contributed by atoms with van der Waals surface area (Å²) in [5, 5.41) is 4.35. The predicted octanol–water partition coefficient (Wildman–Crippen LogP) is 5.01. The maximum Gasteiger partial charge on any atom is 0.388 e. The van der Waals surface area contributed by atoms with Crippen LogP contribution < -0.4 is 4.74 Å². The summed E-state index contributed by atoms with van der Waals surface area (Å²) in [6.07, 6.45) is 0.532. The highest BCUT2D eigenvalue weighted by Crippen LogP contribution is 2.38. The van der Waals surface area contributed by atoms with Gasteiger partial charge in [0.05, 0.1) is 5.69 Å². The Kier molecular flexibility index (Phi) is 5.24. The highest BCUT2D eigenvalue weighted by Gasteiger charge is 2.25. The van der Waals surface area contributed by atoms with Gasteiger partial charge in [0.1, 0.15) is 10.8 Å². The molecular weight excluding hydrogens is 340 g/mol. The third-order valence-corrected chi connectivity index (χ3v) is 3.76.